The van der Waals surface area contributed by atoms with Gasteiger partial charge in [-0.25, -0.2) is 0 Å². The Hall–Kier alpha value is -2.65. The minimum atomic E-state index is -4.36. The number of pyridine rings is 1. The molecule has 0 saturated carbocycles. The summed E-state index contributed by atoms with van der Waals surface area (Å²) in [5.74, 6) is 0.163. The zero-order valence-corrected chi connectivity index (χ0v) is 18.0. The van der Waals surface area contributed by atoms with E-state index >= 15 is 0 Å². The van der Waals surface area contributed by atoms with Gasteiger partial charge in [-0.15, -0.1) is 0 Å². The number of hydrogen-bond donors (Lipinski definition) is 0. The van der Waals surface area contributed by atoms with E-state index in [0.29, 0.717) is 18.8 Å². The Morgan fingerprint density at radius 2 is 1.50 bits per heavy atom. The van der Waals surface area contributed by atoms with Crippen LogP contribution < -0.4 is 4.90 Å². The Balaban J connectivity index is 1.18. The minimum Gasteiger partial charge on any atom is -0.368 e. The summed E-state index contributed by atoms with van der Waals surface area (Å²) >= 11 is 0. The summed E-state index contributed by atoms with van der Waals surface area (Å²) in [5, 5.41) is 0. The minimum absolute atomic E-state index is 0.163. The van der Waals surface area contributed by atoms with Crippen LogP contribution in [0.25, 0.3) is 0 Å². The van der Waals surface area contributed by atoms with Gasteiger partial charge in [-0.2, -0.15) is 13.2 Å². The zero-order chi connectivity index (χ0) is 22.6. The topological polar surface area (TPSA) is 42.9 Å². The van der Waals surface area contributed by atoms with Gasteiger partial charge >= 0.3 is 6.18 Å². The third-order valence-corrected chi connectivity index (χ3v) is 6.12. The van der Waals surface area contributed by atoms with E-state index in [0.717, 1.165) is 64.6 Å². The number of anilines is 1. The molecule has 3 heterocycles. The van der Waals surface area contributed by atoms with E-state index in [-0.39, 0.29) is 5.91 Å². The van der Waals surface area contributed by atoms with Gasteiger partial charge < -0.3 is 9.80 Å². The fraction of sp³-hybridized carbons (Fsp3) is 0.478. The van der Waals surface area contributed by atoms with Crippen molar-refractivity contribution in [3.63, 3.8) is 0 Å². The number of amides is 1. The van der Waals surface area contributed by atoms with E-state index in [2.05, 4.69) is 31.8 Å². The standard InChI is InChI=1S/C23H28F3N5O/c24-23(25,26)19-6-7-20(27-16-19)17-28-8-10-29(11-9-28)18-22(32)31-14-12-30(13-15-31)21-4-2-1-3-5-21/h1-7,16H,8-15,17-18H2. The van der Waals surface area contributed by atoms with Crippen molar-refractivity contribution in [1.82, 2.24) is 19.7 Å². The van der Waals surface area contributed by atoms with Gasteiger partial charge in [0.05, 0.1) is 17.8 Å². The molecular weight excluding hydrogens is 419 g/mol. The molecule has 4 rings (SSSR count). The number of carbonyl (C=O) groups is 1. The van der Waals surface area contributed by atoms with Gasteiger partial charge in [0.2, 0.25) is 5.91 Å². The van der Waals surface area contributed by atoms with Crippen molar-refractivity contribution in [3.05, 3.63) is 59.9 Å². The predicted molar refractivity (Wildman–Crippen MR) is 116 cm³/mol. The van der Waals surface area contributed by atoms with Crippen molar-refractivity contribution in [2.75, 3.05) is 63.8 Å². The van der Waals surface area contributed by atoms with Crippen LogP contribution in [0.1, 0.15) is 11.3 Å². The first kappa shape index (κ1) is 22.5. The Morgan fingerprint density at radius 3 is 2.09 bits per heavy atom. The van der Waals surface area contributed by atoms with Crippen molar-refractivity contribution in [1.29, 1.82) is 0 Å². The number of piperazine rings is 2. The van der Waals surface area contributed by atoms with Gasteiger partial charge in [0.25, 0.3) is 0 Å². The van der Waals surface area contributed by atoms with E-state index in [4.69, 9.17) is 0 Å². The van der Waals surface area contributed by atoms with Crippen LogP contribution in [-0.4, -0.2) is 84.5 Å². The fourth-order valence-electron chi connectivity index (χ4n) is 4.16. The van der Waals surface area contributed by atoms with Gasteiger partial charge in [0.1, 0.15) is 0 Å². The summed E-state index contributed by atoms with van der Waals surface area (Å²) in [5.41, 5.74) is 1.09. The molecule has 1 aromatic carbocycles. The molecule has 0 bridgehead atoms. The van der Waals surface area contributed by atoms with Crippen LogP contribution in [0.15, 0.2) is 48.7 Å². The molecule has 0 aliphatic carbocycles. The van der Waals surface area contributed by atoms with Gasteiger partial charge in [0.15, 0.2) is 0 Å². The molecule has 0 N–H and O–H groups in total. The maximum atomic E-state index is 12.7. The zero-order valence-electron chi connectivity index (χ0n) is 18.0. The molecule has 0 radical (unpaired) electrons. The highest BCUT2D eigenvalue weighted by Gasteiger charge is 2.31. The molecule has 6 nitrogen and oxygen atoms in total. The van der Waals surface area contributed by atoms with E-state index in [1.807, 2.05) is 23.1 Å². The third-order valence-electron chi connectivity index (χ3n) is 6.12. The van der Waals surface area contributed by atoms with Gasteiger partial charge in [0, 0.05) is 70.8 Å². The van der Waals surface area contributed by atoms with Crippen LogP contribution in [0.3, 0.4) is 0 Å². The maximum absolute atomic E-state index is 12.7. The Labute approximate surface area is 186 Å². The lowest BCUT2D eigenvalue weighted by atomic mass is 10.2. The molecule has 2 saturated heterocycles. The van der Waals surface area contributed by atoms with Crippen molar-refractivity contribution in [3.8, 4) is 0 Å². The Bertz CT molecular complexity index is 875. The normalized spacial score (nSPS) is 18.7. The van der Waals surface area contributed by atoms with Crippen molar-refractivity contribution >= 4 is 11.6 Å². The molecule has 2 aliphatic heterocycles. The smallest absolute Gasteiger partial charge is 0.368 e. The molecule has 2 fully saturated rings. The number of benzene rings is 1. The third kappa shape index (κ3) is 5.77. The van der Waals surface area contributed by atoms with Gasteiger partial charge in [-0.1, -0.05) is 18.2 Å². The van der Waals surface area contributed by atoms with E-state index in [9.17, 15) is 18.0 Å². The summed E-state index contributed by atoms with van der Waals surface area (Å²) < 4.78 is 38.0. The lowest BCUT2D eigenvalue weighted by molar-refractivity contribution is -0.138. The SMILES string of the molecule is O=C(CN1CCN(Cc2ccc(C(F)(F)F)cn2)CC1)N1CCN(c2ccccc2)CC1. The summed E-state index contributed by atoms with van der Waals surface area (Å²) in [7, 11) is 0. The second kappa shape index (κ2) is 9.87. The lowest BCUT2D eigenvalue weighted by Crippen LogP contribution is -2.53. The monoisotopic (exact) mass is 447 g/mol. The van der Waals surface area contributed by atoms with Crippen LogP contribution >= 0.6 is 0 Å². The number of rotatable bonds is 5. The molecule has 2 aliphatic rings. The second-order valence-corrected chi connectivity index (χ2v) is 8.29. The van der Waals surface area contributed by atoms with Crippen LogP contribution in [0, 0.1) is 0 Å². The van der Waals surface area contributed by atoms with Crippen molar-refractivity contribution < 1.29 is 18.0 Å². The van der Waals surface area contributed by atoms with Crippen molar-refractivity contribution in [2.45, 2.75) is 12.7 Å². The van der Waals surface area contributed by atoms with E-state index in [1.54, 1.807) is 0 Å². The molecule has 0 spiro atoms. The predicted octanol–water partition coefficient (Wildman–Crippen LogP) is 2.57. The van der Waals surface area contributed by atoms with Crippen LogP contribution in [0.5, 0.6) is 0 Å². The van der Waals surface area contributed by atoms with Crippen molar-refractivity contribution in [2.24, 2.45) is 0 Å². The number of hydrogen-bond acceptors (Lipinski definition) is 5. The van der Waals surface area contributed by atoms with Gasteiger partial charge in [-0.05, 0) is 24.3 Å². The quantitative estimate of drug-likeness (QED) is 0.705. The largest absolute Gasteiger partial charge is 0.417 e. The number of carbonyl (C=O) groups excluding carboxylic acids is 1. The van der Waals surface area contributed by atoms with Crippen LogP contribution in [0.2, 0.25) is 0 Å². The number of aromatic nitrogens is 1. The van der Waals surface area contributed by atoms with Crippen LogP contribution in [-0.2, 0) is 17.5 Å². The number of alkyl halides is 3. The molecular formula is C23H28F3N5O. The molecule has 32 heavy (non-hydrogen) atoms. The average Bonchev–Trinajstić information content (AvgIpc) is 2.81. The first-order chi connectivity index (χ1) is 15.4. The van der Waals surface area contributed by atoms with Gasteiger partial charge in [-0.3, -0.25) is 19.6 Å². The first-order valence-corrected chi connectivity index (χ1v) is 10.9. The first-order valence-electron chi connectivity index (χ1n) is 10.9. The highest BCUT2D eigenvalue weighted by Crippen LogP contribution is 2.28. The summed E-state index contributed by atoms with van der Waals surface area (Å²) in [6.45, 7) is 7.11. The van der Waals surface area contributed by atoms with E-state index < -0.39 is 11.7 Å². The fourth-order valence-corrected chi connectivity index (χ4v) is 4.16. The molecule has 172 valence electrons. The maximum Gasteiger partial charge on any atom is 0.417 e. The highest BCUT2D eigenvalue weighted by atomic mass is 19.4. The second-order valence-electron chi connectivity index (χ2n) is 8.29. The number of halogens is 3. The molecule has 0 atom stereocenters. The lowest BCUT2D eigenvalue weighted by Gasteiger charge is -2.38. The molecule has 1 aromatic heterocycles. The highest BCUT2D eigenvalue weighted by molar-refractivity contribution is 5.78. The summed E-state index contributed by atoms with van der Waals surface area (Å²) in [6, 6.07) is 12.8. The summed E-state index contributed by atoms with van der Waals surface area (Å²) in [4.78, 5) is 25.3. The average molecular weight is 448 g/mol. The van der Waals surface area contributed by atoms with Crippen LogP contribution in [0.4, 0.5) is 18.9 Å². The molecule has 1 amide bonds. The molecule has 0 unspecified atom stereocenters. The Kier molecular flexibility index (Phi) is 6.95. The molecule has 9 heteroatoms. The number of para-hydroxylation sites is 1. The molecule has 2 aromatic rings. The van der Waals surface area contributed by atoms with E-state index in [1.165, 1.54) is 11.8 Å². The number of nitrogens with zero attached hydrogens (tertiary/aromatic N) is 5. The summed E-state index contributed by atoms with van der Waals surface area (Å²) in [6.07, 6.45) is -3.47. The Morgan fingerprint density at radius 1 is 0.844 bits per heavy atom.